The van der Waals surface area contributed by atoms with Crippen molar-refractivity contribution in [3.05, 3.63) is 63.4 Å². The molecule has 0 bridgehead atoms. The van der Waals surface area contributed by atoms with Crippen LogP contribution in [0.3, 0.4) is 0 Å². The molecule has 1 aromatic carbocycles. The van der Waals surface area contributed by atoms with E-state index in [0.717, 1.165) is 17.0 Å². The van der Waals surface area contributed by atoms with Gasteiger partial charge in [-0.2, -0.15) is 0 Å². The third-order valence-corrected chi connectivity index (χ3v) is 3.64. The lowest BCUT2D eigenvalue weighted by molar-refractivity contribution is -0.385. The summed E-state index contributed by atoms with van der Waals surface area (Å²) in [6.45, 7) is 0.451. The smallest absolute Gasteiger partial charge is 0.286 e. The van der Waals surface area contributed by atoms with Crippen LogP contribution >= 0.6 is 11.6 Å². The average Bonchev–Trinajstić information content (AvgIpc) is 2.85. The molecule has 0 aliphatic rings. The van der Waals surface area contributed by atoms with Gasteiger partial charge in [0, 0.05) is 23.1 Å². The molecule has 0 atom stereocenters. The number of pyridine rings is 1. The van der Waals surface area contributed by atoms with E-state index in [-0.39, 0.29) is 5.69 Å². The topological polar surface area (TPSA) is 86.5 Å². The van der Waals surface area contributed by atoms with Crippen LogP contribution in [0, 0.1) is 10.1 Å². The van der Waals surface area contributed by atoms with Crippen LogP contribution in [-0.2, 0) is 6.42 Å². The van der Waals surface area contributed by atoms with Gasteiger partial charge in [-0.25, -0.2) is 4.98 Å². The number of fused-ring (bicyclic) bond motifs is 1. The van der Waals surface area contributed by atoms with Crippen molar-refractivity contribution in [2.45, 2.75) is 6.42 Å². The second kappa shape index (κ2) is 5.75. The van der Waals surface area contributed by atoms with Crippen molar-refractivity contribution in [3.63, 3.8) is 0 Å². The summed E-state index contributed by atoms with van der Waals surface area (Å²) < 4.78 is 1.73. The van der Waals surface area contributed by atoms with Gasteiger partial charge < -0.3 is 5.73 Å². The second-order valence-electron chi connectivity index (χ2n) is 4.83. The number of halogens is 1. The van der Waals surface area contributed by atoms with Gasteiger partial charge in [-0.3, -0.25) is 14.5 Å². The van der Waals surface area contributed by atoms with Gasteiger partial charge >= 0.3 is 0 Å². The minimum Gasteiger partial charge on any atom is -0.330 e. The first-order valence-corrected chi connectivity index (χ1v) is 7.09. The van der Waals surface area contributed by atoms with Gasteiger partial charge in [-0.15, -0.1) is 0 Å². The Morgan fingerprint density at radius 2 is 1.95 bits per heavy atom. The van der Waals surface area contributed by atoms with Crippen LogP contribution in [0.2, 0.25) is 5.02 Å². The molecule has 0 spiro atoms. The molecule has 3 rings (SSSR count). The van der Waals surface area contributed by atoms with Crippen molar-refractivity contribution in [2.75, 3.05) is 6.54 Å². The fourth-order valence-electron chi connectivity index (χ4n) is 2.41. The Balaban J connectivity index is 2.27. The molecule has 0 fully saturated rings. The summed E-state index contributed by atoms with van der Waals surface area (Å²) in [5.74, 6) is 0. The Kier molecular flexibility index (Phi) is 3.79. The van der Waals surface area contributed by atoms with Crippen molar-refractivity contribution >= 4 is 22.9 Å². The molecule has 0 unspecified atom stereocenters. The molecule has 6 nitrogen and oxygen atoms in total. The van der Waals surface area contributed by atoms with Gasteiger partial charge in [0.25, 0.3) is 5.69 Å². The monoisotopic (exact) mass is 316 g/mol. The molecule has 2 heterocycles. The van der Waals surface area contributed by atoms with E-state index in [1.165, 1.54) is 12.3 Å². The molecular weight excluding hydrogens is 304 g/mol. The normalized spacial score (nSPS) is 11.0. The molecule has 112 valence electrons. The molecular formula is C15H13ClN4O2. The zero-order valence-corrected chi connectivity index (χ0v) is 12.3. The highest BCUT2D eigenvalue weighted by molar-refractivity contribution is 6.30. The molecule has 0 aliphatic heterocycles. The number of benzene rings is 1. The number of imidazole rings is 1. The Bertz CT molecular complexity index is 843. The number of aromatic nitrogens is 2. The number of hydrogen-bond donors (Lipinski definition) is 1. The fraction of sp³-hybridized carbons (Fsp3) is 0.133. The van der Waals surface area contributed by atoms with Crippen LogP contribution in [0.15, 0.2) is 42.6 Å². The zero-order chi connectivity index (χ0) is 15.7. The highest BCUT2D eigenvalue weighted by Crippen LogP contribution is 2.28. The van der Waals surface area contributed by atoms with E-state index >= 15 is 0 Å². The maximum absolute atomic E-state index is 11.0. The van der Waals surface area contributed by atoms with E-state index in [1.807, 2.05) is 12.1 Å². The largest absolute Gasteiger partial charge is 0.330 e. The number of nitrogens with two attached hydrogens (primary N) is 1. The van der Waals surface area contributed by atoms with Gasteiger partial charge in [0.2, 0.25) is 0 Å². The third kappa shape index (κ3) is 2.54. The van der Waals surface area contributed by atoms with Crippen molar-refractivity contribution in [3.8, 4) is 11.3 Å². The summed E-state index contributed by atoms with van der Waals surface area (Å²) in [4.78, 5) is 15.1. The SMILES string of the molecule is NCCc1nc2ccc([N+](=O)[O-])cn2c1-c1ccc(Cl)cc1. The lowest BCUT2D eigenvalue weighted by Crippen LogP contribution is -2.04. The van der Waals surface area contributed by atoms with E-state index in [0.29, 0.717) is 23.6 Å². The van der Waals surface area contributed by atoms with E-state index in [9.17, 15) is 10.1 Å². The van der Waals surface area contributed by atoms with Crippen molar-refractivity contribution in [1.82, 2.24) is 9.38 Å². The molecule has 22 heavy (non-hydrogen) atoms. The first-order chi connectivity index (χ1) is 10.6. The quantitative estimate of drug-likeness (QED) is 0.592. The van der Waals surface area contributed by atoms with Crippen LogP contribution in [0.1, 0.15) is 5.69 Å². The lowest BCUT2D eigenvalue weighted by atomic mass is 10.1. The minimum absolute atomic E-state index is 0.0133. The van der Waals surface area contributed by atoms with E-state index in [1.54, 1.807) is 22.6 Å². The molecule has 2 N–H and O–H groups in total. The molecule has 0 radical (unpaired) electrons. The predicted octanol–water partition coefficient (Wildman–Crippen LogP) is 3.06. The zero-order valence-electron chi connectivity index (χ0n) is 11.6. The van der Waals surface area contributed by atoms with Crippen LogP contribution in [0.5, 0.6) is 0 Å². The van der Waals surface area contributed by atoms with Gasteiger partial charge in [0.15, 0.2) is 0 Å². The van der Waals surface area contributed by atoms with Crippen LogP contribution in [0.4, 0.5) is 5.69 Å². The van der Waals surface area contributed by atoms with E-state index < -0.39 is 4.92 Å². The summed E-state index contributed by atoms with van der Waals surface area (Å²) in [6, 6.07) is 10.4. The van der Waals surface area contributed by atoms with E-state index in [2.05, 4.69) is 4.98 Å². The molecule has 0 saturated heterocycles. The minimum atomic E-state index is -0.423. The molecule has 0 aliphatic carbocycles. The van der Waals surface area contributed by atoms with Crippen LogP contribution in [-0.4, -0.2) is 20.9 Å². The molecule has 0 saturated carbocycles. The standard InChI is InChI=1S/C15H13ClN4O2/c16-11-3-1-10(2-4-11)15-13(7-8-17)18-14-6-5-12(20(21)22)9-19(14)15/h1-6,9H,7-8,17H2. The Labute approximate surface area is 131 Å². The van der Waals surface area contributed by atoms with Crippen LogP contribution < -0.4 is 5.73 Å². The van der Waals surface area contributed by atoms with Crippen LogP contribution in [0.25, 0.3) is 16.9 Å². The van der Waals surface area contributed by atoms with Gasteiger partial charge in [-0.1, -0.05) is 23.7 Å². The Morgan fingerprint density at radius 1 is 1.23 bits per heavy atom. The predicted molar refractivity (Wildman–Crippen MR) is 85.1 cm³/mol. The summed E-state index contributed by atoms with van der Waals surface area (Å²) in [5, 5.41) is 11.6. The molecule has 2 aromatic heterocycles. The first kappa shape index (κ1) is 14.5. The number of hydrogen-bond acceptors (Lipinski definition) is 4. The summed E-state index contributed by atoms with van der Waals surface area (Å²) >= 11 is 5.93. The third-order valence-electron chi connectivity index (χ3n) is 3.38. The van der Waals surface area contributed by atoms with Crippen molar-refractivity contribution in [1.29, 1.82) is 0 Å². The van der Waals surface area contributed by atoms with Gasteiger partial charge in [0.1, 0.15) is 5.65 Å². The number of nitro groups is 1. The maximum Gasteiger partial charge on any atom is 0.286 e. The fourth-order valence-corrected chi connectivity index (χ4v) is 2.54. The van der Waals surface area contributed by atoms with Crippen molar-refractivity contribution in [2.24, 2.45) is 5.73 Å². The van der Waals surface area contributed by atoms with Gasteiger partial charge in [0.05, 0.1) is 22.5 Å². The molecule has 3 aromatic rings. The number of nitrogens with zero attached hydrogens (tertiary/aromatic N) is 3. The average molecular weight is 317 g/mol. The van der Waals surface area contributed by atoms with Crippen molar-refractivity contribution < 1.29 is 4.92 Å². The van der Waals surface area contributed by atoms with E-state index in [4.69, 9.17) is 17.3 Å². The summed E-state index contributed by atoms with van der Waals surface area (Å²) in [7, 11) is 0. The molecule has 0 amide bonds. The van der Waals surface area contributed by atoms with Gasteiger partial charge in [-0.05, 0) is 24.7 Å². The summed E-state index contributed by atoms with van der Waals surface area (Å²) in [6.07, 6.45) is 2.07. The summed E-state index contributed by atoms with van der Waals surface area (Å²) in [5.41, 5.74) is 8.82. The first-order valence-electron chi connectivity index (χ1n) is 6.71. The number of rotatable bonds is 4. The maximum atomic E-state index is 11.0. The highest BCUT2D eigenvalue weighted by atomic mass is 35.5. The lowest BCUT2D eigenvalue weighted by Gasteiger charge is -2.05. The molecule has 7 heteroatoms. The highest BCUT2D eigenvalue weighted by Gasteiger charge is 2.16. The Morgan fingerprint density at radius 3 is 2.59 bits per heavy atom. The second-order valence-corrected chi connectivity index (χ2v) is 5.26. The Hall–Kier alpha value is -2.44.